The summed E-state index contributed by atoms with van der Waals surface area (Å²) in [6.07, 6.45) is 0. The van der Waals surface area contributed by atoms with Crippen molar-refractivity contribution in [2.45, 2.75) is 13.2 Å². The second kappa shape index (κ2) is 4.05. The molecular weight excluding hydrogens is 147 g/mol. The summed E-state index contributed by atoms with van der Waals surface area (Å²) in [5.41, 5.74) is 1.57. The smallest absolute Gasteiger partial charge is 0.113 e. The Morgan fingerprint density at radius 1 is 1.18 bits per heavy atom. The van der Waals surface area contributed by atoms with Gasteiger partial charge in [0.25, 0.3) is 0 Å². The van der Waals surface area contributed by atoms with Gasteiger partial charge in [0.2, 0.25) is 0 Å². The Morgan fingerprint density at radius 2 is 1.73 bits per heavy atom. The van der Waals surface area contributed by atoms with E-state index in [9.17, 15) is 4.53 Å². The minimum atomic E-state index is -0.0360. The summed E-state index contributed by atoms with van der Waals surface area (Å²) >= 11 is 0. The van der Waals surface area contributed by atoms with Crippen LogP contribution >= 0.6 is 0 Å². The first-order valence-electron chi connectivity index (χ1n) is 3.29. The van der Waals surface area contributed by atoms with Gasteiger partial charge in [0.15, 0.2) is 0 Å². The lowest BCUT2D eigenvalue weighted by Gasteiger charge is -1.97. The van der Waals surface area contributed by atoms with Crippen LogP contribution in [0.5, 0.6) is 0 Å². The topological polar surface area (TPSA) is 29.5 Å². The van der Waals surface area contributed by atoms with Crippen molar-refractivity contribution in [2.24, 2.45) is 0 Å². The molecule has 1 rings (SSSR count). The SMILES string of the molecule is OCc1ccc(COF)cc1. The maximum atomic E-state index is 11.3. The molecule has 0 aromatic heterocycles. The molecule has 0 aliphatic carbocycles. The molecule has 0 aliphatic rings. The Kier molecular flexibility index (Phi) is 3.01. The Labute approximate surface area is 64.1 Å². The Bertz CT molecular complexity index is 208. The van der Waals surface area contributed by atoms with E-state index in [-0.39, 0.29) is 13.2 Å². The molecule has 3 heteroatoms. The second-order valence-corrected chi connectivity index (χ2v) is 2.23. The highest BCUT2D eigenvalue weighted by Gasteiger charge is 1.92. The number of hydrogen-bond donors (Lipinski definition) is 1. The number of aliphatic hydroxyl groups is 1. The fourth-order valence-electron chi connectivity index (χ4n) is 0.804. The largest absolute Gasteiger partial charge is 0.392 e. The van der Waals surface area contributed by atoms with Gasteiger partial charge in [-0.2, -0.15) is 4.94 Å². The number of aliphatic hydroxyl groups excluding tert-OH is 1. The third-order valence-corrected chi connectivity index (χ3v) is 1.43. The van der Waals surface area contributed by atoms with E-state index in [1.54, 1.807) is 24.3 Å². The molecule has 0 unspecified atom stereocenters. The fourth-order valence-corrected chi connectivity index (χ4v) is 0.804. The van der Waals surface area contributed by atoms with Crippen LogP contribution in [0.2, 0.25) is 0 Å². The van der Waals surface area contributed by atoms with Gasteiger partial charge in [0, 0.05) is 0 Å². The molecule has 0 amide bonds. The molecule has 0 spiro atoms. The van der Waals surface area contributed by atoms with E-state index in [2.05, 4.69) is 4.94 Å². The van der Waals surface area contributed by atoms with Crippen LogP contribution in [0.1, 0.15) is 11.1 Å². The molecule has 2 nitrogen and oxygen atoms in total. The van der Waals surface area contributed by atoms with Crippen molar-refractivity contribution in [3.8, 4) is 0 Å². The van der Waals surface area contributed by atoms with Gasteiger partial charge in [-0.3, -0.25) is 0 Å². The maximum Gasteiger partial charge on any atom is 0.113 e. The van der Waals surface area contributed by atoms with Crippen molar-refractivity contribution >= 4 is 0 Å². The Balaban J connectivity index is 2.66. The summed E-state index contributed by atoms with van der Waals surface area (Å²) in [6, 6.07) is 6.89. The summed E-state index contributed by atoms with van der Waals surface area (Å²) in [6.45, 7) is -0.0253. The predicted octanol–water partition coefficient (Wildman–Crippen LogP) is 1.58. The molecule has 0 bridgehead atoms. The van der Waals surface area contributed by atoms with E-state index in [0.717, 1.165) is 11.1 Å². The van der Waals surface area contributed by atoms with Crippen molar-refractivity contribution in [1.29, 1.82) is 0 Å². The lowest BCUT2D eigenvalue weighted by molar-refractivity contribution is -0.144. The van der Waals surface area contributed by atoms with Crippen LogP contribution in [0.25, 0.3) is 0 Å². The zero-order valence-corrected chi connectivity index (χ0v) is 5.96. The van der Waals surface area contributed by atoms with E-state index < -0.39 is 0 Å². The number of hydrogen-bond acceptors (Lipinski definition) is 2. The molecule has 0 saturated heterocycles. The number of rotatable bonds is 3. The van der Waals surface area contributed by atoms with Gasteiger partial charge in [-0.25, -0.2) is 0 Å². The van der Waals surface area contributed by atoms with E-state index in [0.29, 0.717) is 0 Å². The van der Waals surface area contributed by atoms with Crippen molar-refractivity contribution in [2.75, 3.05) is 0 Å². The van der Waals surface area contributed by atoms with Crippen LogP contribution in [0.15, 0.2) is 24.3 Å². The van der Waals surface area contributed by atoms with Gasteiger partial charge in [-0.05, 0) is 15.7 Å². The van der Waals surface area contributed by atoms with Crippen molar-refractivity contribution in [3.63, 3.8) is 0 Å². The first-order valence-corrected chi connectivity index (χ1v) is 3.29. The molecule has 1 aromatic rings. The van der Waals surface area contributed by atoms with Gasteiger partial charge < -0.3 is 5.11 Å². The average molecular weight is 156 g/mol. The first kappa shape index (κ1) is 8.17. The highest BCUT2D eigenvalue weighted by atomic mass is 19.3. The summed E-state index contributed by atoms with van der Waals surface area (Å²) in [7, 11) is 0. The van der Waals surface area contributed by atoms with E-state index in [4.69, 9.17) is 5.11 Å². The summed E-state index contributed by atoms with van der Waals surface area (Å²) in [5, 5.41) is 8.65. The second-order valence-electron chi connectivity index (χ2n) is 2.23. The molecule has 0 atom stereocenters. The number of benzene rings is 1. The van der Waals surface area contributed by atoms with Crippen molar-refractivity contribution in [3.05, 3.63) is 35.4 Å². The minimum absolute atomic E-state index is 0.0107. The molecule has 11 heavy (non-hydrogen) atoms. The summed E-state index contributed by atoms with van der Waals surface area (Å²) < 4.78 is 11.3. The summed E-state index contributed by atoms with van der Waals surface area (Å²) in [5.74, 6) is 0. The Morgan fingerprint density at radius 3 is 2.18 bits per heavy atom. The first-order chi connectivity index (χ1) is 5.36. The average Bonchev–Trinajstić information content (AvgIpc) is 2.07. The van der Waals surface area contributed by atoms with Crippen LogP contribution in [0.4, 0.5) is 4.53 Å². The molecule has 0 heterocycles. The minimum Gasteiger partial charge on any atom is -0.392 e. The van der Waals surface area contributed by atoms with E-state index in [1.165, 1.54) is 0 Å². The van der Waals surface area contributed by atoms with Crippen LogP contribution in [-0.2, 0) is 18.2 Å². The standard InChI is InChI=1S/C8H9FO2/c9-11-6-8-3-1-7(5-10)2-4-8/h1-4,10H,5-6H2. The monoisotopic (exact) mass is 156 g/mol. The third-order valence-electron chi connectivity index (χ3n) is 1.43. The van der Waals surface area contributed by atoms with Crippen LogP contribution in [-0.4, -0.2) is 5.11 Å². The van der Waals surface area contributed by atoms with Gasteiger partial charge in [-0.15, -0.1) is 0 Å². The van der Waals surface area contributed by atoms with Crippen LogP contribution in [0.3, 0.4) is 0 Å². The molecule has 0 radical (unpaired) electrons. The van der Waals surface area contributed by atoms with Gasteiger partial charge in [0.05, 0.1) is 6.61 Å². The molecular formula is C8H9FO2. The summed E-state index contributed by atoms with van der Waals surface area (Å²) in [4.78, 5) is 3.44. The molecule has 60 valence electrons. The van der Waals surface area contributed by atoms with Gasteiger partial charge in [-0.1, -0.05) is 24.3 Å². The van der Waals surface area contributed by atoms with Crippen molar-refractivity contribution in [1.82, 2.24) is 0 Å². The van der Waals surface area contributed by atoms with E-state index >= 15 is 0 Å². The zero-order chi connectivity index (χ0) is 8.10. The molecule has 1 N–H and O–H groups in total. The fraction of sp³-hybridized carbons (Fsp3) is 0.250. The molecule has 0 aliphatic heterocycles. The van der Waals surface area contributed by atoms with Crippen molar-refractivity contribution < 1.29 is 14.6 Å². The van der Waals surface area contributed by atoms with Gasteiger partial charge in [0.1, 0.15) is 6.61 Å². The molecule has 0 saturated carbocycles. The zero-order valence-electron chi connectivity index (χ0n) is 5.96. The van der Waals surface area contributed by atoms with E-state index in [1.807, 2.05) is 0 Å². The maximum absolute atomic E-state index is 11.3. The third kappa shape index (κ3) is 2.29. The molecule has 1 aromatic carbocycles. The molecule has 0 fully saturated rings. The predicted molar refractivity (Wildman–Crippen MR) is 38.3 cm³/mol. The highest BCUT2D eigenvalue weighted by Crippen LogP contribution is 2.05. The normalized spacial score (nSPS) is 10.0. The van der Waals surface area contributed by atoms with Gasteiger partial charge >= 0.3 is 0 Å². The quantitative estimate of drug-likeness (QED) is 0.719. The Hall–Kier alpha value is -0.930. The lowest BCUT2D eigenvalue weighted by Crippen LogP contribution is -1.86. The van der Waals surface area contributed by atoms with Crippen LogP contribution < -0.4 is 0 Å². The van der Waals surface area contributed by atoms with Crippen LogP contribution in [0, 0.1) is 0 Å². The lowest BCUT2D eigenvalue weighted by atomic mass is 10.1. The number of halogens is 1. The highest BCUT2D eigenvalue weighted by molar-refractivity contribution is 5.21.